The number of benzene rings is 2. The molecule has 0 radical (unpaired) electrons. The first-order chi connectivity index (χ1) is 10.2. The fourth-order valence-electron chi connectivity index (χ4n) is 2.44. The molecular formula is C17H15F2NS. The average Bonchev–Trinajstić information content (AvgIpc) is 2.87. The van der Waals surface area contributed by atoms with Crippen LogP contribution in [0.5, 0.6) is 0 Å². The second-order valence-corrected chi connectivity index (χ2v) is 6.12. The Morgan fingerprint density at radius 2 is 1.86 bits per heavy atom. The van der Waals surface area contributed by atoms with E-state index >= 15 is 0 Å². The van der Waals surface area contributed by atoms with Crippen LogP contribution in [-0.4, -0.2) is 7.05 Å². The van der Waals surface area contributed by atoms with Crippen LogP contribution in [0.15, 0.2) is 48.5 Å². The van der Waals surface area contributed by atoms with E-state index in [0.29, 0.717) is 6.42 Å². The Morgan fingerprint density at radius 1 is 1.05 bits per heavy atom. The molecule has 1 heterocycles. The van der Waals surface area contributed by atoms with Gasteiger partial charge in [-0.15, -0.1) is 11.3 Å². The number of hydrogen-bond acceptors (Lipinski definition) is 2. The molecule has 0 saturated heterocycles. The summed E-state index contributed by atoms with van der Waals surface area (Å²) in [4.78, 5) is 1.13. The highest BCUT2D eigenvalue weighted by Gasteiger charge is 2.14. The van der Waals surface area contributed by atoms with Crippen LogP contribution in [0.1, 0.15) is 16.5 Å². The van der Waals surface area contributed by atoms with Gasteiger partial charge >= 0.3 is 0 Å². The topological polar surface area (TPSA) is 12.0 Å². The maximum Gasteiger partial charge on any atom is 0.124 e. The molecule has 0 spiro atoms. The Balaban J connectivity index is 1.90. The highest BCUT2D eigenvalue weighted by atomic mass is 32.1. The van der Waals surface area contributed by atoms with Crippen molar-refractivity contribution in [3.8, 4) is 0 Å². The predicted molar refractivity (Wildman–Crippen MR) is 83.7 cm³/mol. The monoisotopic (exact) mass is 303 g/mol. The largest absolute Gasteiger partial charge is 0.312 e. The molecule has 4 heteroatoms. The third-order valence-electron chi connectivity index (χ3n) is 3.52. The molecular weight excluding hydrogens is 288 g/mol. The van der Waals surface area contributed by atoms with Crippen molar-refractivity contribution in [3.05, 3.63) is 70.6 Å². The molecule has 0 saturated carbocycles. The van der Waals surface area contributed by atoms with E-state index in [2.05, 4.69) is 11.4 Å². The Morgan fingerprint density at radius 3 is 2.62 bits per heavy atom. The van der Waals surface area contributed by atoms with Crippen LogP contribution in [0.4, 0.5) is 8.78 Å². The molecule has 0 aliphatic heterocycles. The Hall–Kier alpha value is -1.78. The third kappa shape index (κ3) is 3.12. The lowest BCUT2D eigenvalue weighted by Gasteiger charge is -2.14. The van der Waals surface area contributed by atoms with Gasteiger partial charge in [-0.3, -0.25) is 0 Å². The van der Waals surface area contributed by atoms with Crippen molar-refractivity contribution < 1.29 is 8.78 Å². The first kappa shape index (κ1) is 14.2. The van der Waals surface area contributed by atoms with E-state index in [1.165, 1.54) is 12.1 Å². The van der Waals surface area contributed by atoms with Crippen molar-refractivity contribution in [2.45, 2.75) is 12.5 Å². The summed E-state index contributed by atoms with van der Waals surface area (Å²) in [6.45, 7) is 0. The maximum atomic E-state index is 13.3. The van der Waals surface area contributed by atoms with Crippen LogP contribution in [0, 0.1) is 11.6 Å². The third-order valence-corrected chi connectivity index (χ3v) is 4.73. The predicted octanol–water partition coefficient (Wildman–Crippen LogP) is 4.68. The Labute approximate surface area is 126 Å². The van der Waals surface area contributed by atoms with Crippen LogP contribution >= 0.6 is 11.3 Å². The fraction of sp³-hybridized carbons (Fsp3) is 0.176. The molecule has 1 N–H and O–H groups in total. The number of nitrogens with one attached hydrogen (secondary N) is 1. The van der Waals surface area contributed by atoms with Gasteiger partial charge in [-0.25, -0.2) is 8.78 Å². The van der Waals surface area contributed by atoms with Gasteiger partial charge in [0.25, 0.3) is 0 Å². The van der Waals surface area contributed by atoms with Crippen molar-refractivity contribution in [1.29, 1.82) is 0 Å². The van der Waals surface area contributed by atoms with Gasteiger partial charge in [-0.2, -0.15) is 0 Å². The summed E-state index contributed by atoms with van der Waals surface area (Å²) < 4.78 is 27.5. The molecule has 0 bridgehead atoms. The number of halogens is 2. The van der Waals surface area contributed by atoms with Crippen molar-refractivity contribution in [2.24, 2.45) is 0 Å². The molecule has 0 aliphatic carbocycles. The maximum absolute atomic E-state index is 13.3. The minimum atomic E-state index is -0.222. The first-order valence-corrected chi connectivity index (χ1v) is 7.58. The number of hydrogen-bond donors (Lipinski definition) is 1. The van der Waals surface area contributed by atoms with Gasteiger partial charge in [0.2, 0.25) is 0 Å². The van der Waals surface area contributed by atoms with Gasteiger partial charge in [0.1, 0.15) is 11.6 Å². The molecule has 0 aliphatic rings. The van der Waals surface area contributed by atoms with Gasteiger partial charge in [0, 0.05) is 15.6 Å². The molecule has 21 heavy (non-hydrogen) atoms. The minimum absolute atomic E-state index is 0.0901. The van der Waals surface area contributed by atoms with E-state index in [1.807, 2.05) is 13.1 Å². The standard InChI is InChI=1S/C17H15F2NS/c1-20-15(8-11-3-2-4-13(18)7-11)17-9-12-5-6-14(19)10-16(12)21-17/h2-7,9-10,15,20H,8H2,1H3. The highest BCUT2D eigenvalue weighted by molar-refractivity contribution is 7.19. The lowest BCUT2D eigenvalue weighted by Crippen LogP contribution is -2.17. The van der Waals surface area contributed by atoms with Gasteiger partial charge in [0.15, 0.2) is 0 Å². The molecule has 2 aromatic carbocycles. The highest BCUT2D eigenvalue weighted by Crippen LogP contribution is 2.32. The van der Waals surface area contributed by atoms with E-state index in [0.717, 1.165) is 20.5 Å². The van der Waals surface area contributed by atoms with E-state index < -0.39 is 0 Å². The quantitative estimate of drug-likeness (QED) is 0.738. The minimum Gasteiger partial charge on any atom is -0.312 e. The lowest BCUT2D eigenvalue weighted by molar-refractivity contribution is 0.592. The second kappa shape index (κ2) is 5.92. The molecule has 1 unspecified atom stereocenters. The van der Waals surface area contributed by atoms with Gasteiger partial charge in [-0.1, -0.05) is 18.2 Å². The van der Waals surface area contributed by atoms with Gasteiger partial charge in [0.05, 0.1) is 0 Å². The summed E-state index contributed by atoms with van der Waals surface area (Å²) in [5, 5.41) is 4.29. The Bertz CT molecular complexity index is 766. The number of thiophene rings is 1. The molecule has 1 nitrogen and oxygen atoms in total. The van der Waals surface area contributed by atoms with Crippen LogP contribution in [0.3, 0.4) is 0 Å². The fourth-order valence-corrected chi connectivity index (χ4v) is 3.64. The summed E-state index contributed by atoms with van der Waals surface area (Å²) in [5.41, 5.74) is 0.943. The van der Waals surface area contributed by atoms with Crippen molar-refractivity contribution in [2.75, 3.05) is 7.05 Å². The van der Waals surface area contributed by atoms with E-state index in [9.17, 15) is 8.78 Å². The lowest BCUT2D eigenvalue weighted by atomic mass is 10.0. The average molecular weight is 303 g/mol. The summed E-state index contributed by atoms with van der Waals surface area (Å²) in [6, 6.07) is 13.6. The summed E-state index contributed by atoms with van der Waals surface area (Å²) >= 11 is 1.57. The summed E-state index contributed by atoms with van der Waals surface area (Å²) in [7, 11) is 1.88. The van der Waals surface area contributed by atoms with Crippen molar-refractivity contribution in [1.82, 2.24) is 5.32 Å². The van der Waals surface area contributed by atoms with Crippen molar-refractivity contribution in [3.63, 3.8) is 0 Å². The molecule has 1 aromatic heterocycles. The van der Waals surface area contributed by atoms with Gasteiger partial charge < -0.3 is 5.32 Å². The molecule has 3 aromatic rings. The Kier molecular flexibility index (Phi) is 3.99. The second-order valence-electron chi connectivity index (χ2n) is 5.01. The van der Waals surface area contributed by atoms with Crippen LogP contribution in [0.2, 0.25) is 0 Å². The number of likely N-dealkylation sites (N-methyl/N-ethyl adjacent to an activating group) is 1. The number of rotatable bonds is 4. The first-order valence-electron chi connectivity index (χ1n) is 6.76. The summed E-state index contributed by atoms with van der Waals surface area (Å²) in [6.07, 6.45) is 0.698. The zero-order chi connectivity index (χ0) is 14.8. The molecule has 0 amide bonds. The zero-order valence-electron chi connectivity index (χ0n) is 11.6. The zero-order valence-corrected chi connectivity index (χ0v) is 12.4. The normalized spacial score (nSPS) is 12.7. The van der Waals surface area contributed by atoms with Crippen LogP contribution in [-0.2, 0) is 6.42 Å². The van der Waals surface area contributed by atoms with Crippen LogP contribution < -0.4 is 5.32 Å². The molecule has 0 fully saturated rings. The van der Waals surface area contributed by atoms with Gasteiger partial charge in [-0.05, 0) is 54.8 Å². The van der Waals surface area contributed by atoms with Crippen LogP contribution in [0.25, 0.3) is 10.1 Å². The van der Waals surface area contributed by atoms with E-state index in [4.69, 9.17) is 0 Å². The number of fused-ring (bicyclic) bond motifs is 1. The van der Waals surface area contributed by atoms with Crippen molar-refractivity contribution >= 4 is 21.4 Å². The summed E-state index contributed by atoms with van der Waals surface area (Å²) in [5.74, 6) is -0.442. The molecule has 3 rings (SSSR count). The van der Waals surface area contributed by atoms with E-state index in [1.54, 1.807) is 35.6 Å². The molecule has 108 valence electrons. The molecule has 1 atom stereocenters. The smallest absolute Gasteiger partial charge is 0.124 e. The van der Waals surface area contributed by atoms with E-state index in [-0.39, 0.29) is 17.7 Å². The SMILES string of the molecule is CNC(Cc1cccc(F)c1)c1cc2ccc(F)cc2s1.